The second kappa shape index (κ2) is 9.02. The topological polar surface area (TPSA) is 77.3 Å². The van der Waals surface area contributed by atoms with Crippen molar-refractivity contribution in [1.82, 2.24) is 14.9 Å². The molecule has 1 saturated heterocycles. The number of nitrogens with one attached hydrogen (secondary N) is 1. The SMILES string of the molecule is COc1ccc(N2CCN(CCCNc3cnc(C#N)cn3)CC2)cc1. The van der Waals surface area contributed by atoms with Gasteiger partial charge in [-0.2, -0.15) is 5.26 Å². The van der Waals surface area contributed by atoms with Gasteiger partial charge in [-0.15, -0.1) is 0 Å². The maximum absolute atomic E-state index is 8.71. The highest BCUT2D eigenvalue weighted by Crippen LogP contribution is 2.20. The van der Waals surface area contributed by atoms with Crippen molar-refractivity contribution in [2.45, 2.75) is 6.42 Å². The van der Waals surface area contributed by atoms with Crippen molar-refractivity contribution in [3.8, 4) is 11.8 Å². The molecule has 7 nitrogen and oxygen atoms in total. The summed E-state index contributed by atoms with van der Waals surface area (Å²) in [5.41, 5.74) is 1.59. The first kappa shape index (κ1) is 18.0. The summed E-state index contributed by atoms with van der Waals surface area (Å²) < 4.78 is 5.22. The Morgan fingerprint density at radius 1 is 1.12 bits per heavy atom. The van der Waals surface area contributed by atoms with E-state index in [2.05, 4.69) is 37.2 Å². The molecule has 3 rings (SSSR count). The molecule has 0 saturated carbocycles. The van der Waals surface area contributed by atoms with Crippen LogP contribution in [0.3, 0.4) is 0 Å². The number of benzene rings is 1. The maximum atomic E-state index is 8.71. The number of hydrogen-bond donors (Lipinski definition) is 1. The van der Waals surface area contributed by atoms with E-state index in [1.165, 1.54) is 11.9 Å². The molecule has 0 radical (unpaired) electrons. The highest BCUT2D eigenvalue weighted by atomic mass is 16.5. The molecule has 2 heterocycles. The van der Waals surface area contributed by atoms with Gasteiger partial charge in [0.1, 0.15) is 17.6 Å². The Morgan fingerprint density at radius 3 is 2.50 bits per heavy atom. The Balaban J connectivity index is 1.35. The van der Waals surface area contributed by atoms with Gasteiger partial charge in [0.25, 0.3) is 0 Å². The second-order valence-corrected chi connectivity index (χ2v) is 6.21. The van der Waals surface area contributed by atoms with Gasteiger partial charge in [-0.1, -0.05) is 0 Å². The summed E-state index contributed by atoms with van der Waals surface area (Å²) in [6.07, 6.45) is 4.14. The predicted molar refractivity (Wildman–Crippen MR) is 102 cm³/mol. The van der Waals surface area contributed by atoms with E-state index in [4.69, 9.17) is 10.00 Å². The highest BCUT2D eigenvalue weighted by molar-refractivity contribution is 5.49. The lowest BCUT2D eigenvalue weighted by Crippen LogP contribution is -2.46. The minimum atomic E-state index is 0.338. The lowest BCUT2D eigenvalue weighted by atomic mass is 10.2. The fourth-order valence-electron chi connectivity index (χ4n) is 3.02. The van der Waals surface area contributed by atoms with Crippen LogP contribution in [0.2, 0.25) is 0 Å². The third-order valence-electron chi connectivity index (χ3n) is 4.53. The molecule has 1 aromatic heterocycles. The Morgan fingerprint density at radius 2 is 1.88 bits per heavy atom. The molecule has 0 amide bonds. The van der Waals surface area contributed by atoms with Crippen LogP contribution in [0.15, 0.2) is 36.7 Å². The molecule has 1 aromatic carbocycles. The number of nitrogens with zero attached hydrogens (tertiary/aromatic N) is 5. The smallest absolute Gasteiger partial charge is 0.158 e. The van der Waals surface area contributed by atoms with Gasteiger partial charge < -0.3 is 15.0 Å². The molecular weight excluding hydrogens is 328 g/mol. The number of nitriles is 1. The molecule has 0 spiro atoms. The number of methoxy groups -OCH3 is 1. The third kappa shape index (κ3) is 4.83. The summed E-state index contributed by atoms with van der Waals surface area (Å²) in [4.78, 5) is 13.1. The third-order valence-corrected chi connectivity index (χ3v) is 4.53. The van der Waals surface area contributed by atoms with E-state index in [0.29, 0.717) is 11.5 Å². The molecule has 26 heavy (non-hydrogen) atoms. The van der Waals surface area contributed by atoms with Crippen LogP contribution < -0.4 is 15.0 Å². The van der Waals surface area contributed by atoms with E-state index < -0.39 is 0 Å². The molecule has 1 aliphatic rings. The van der Waals surface area contributed by atoms with Crippen molar-refractivity contribution < 1.29 is 4.74 Å². The van der Waals surface area contributed by atoms with E-state index >= 15 is 0 Å². The first-order valence-corrected chi connectivity index (χ1v) is 8.86. The standard InChI is InChI=1S/C19H24N6O/c1-26-18-5-3-17(4-6-18)25-11-9-24(10-12-25)8-2-7-21-19-15-22-16(13-20)14-23-19/h3-6,14-15H,2,7-12H2,1H3,(H,21,23). The van der Waals surface area contributed by atoms with E-state index in [1.807, 2.05) is 18.2 Å². The maximum Gasteiger partial charge on any atom is 0.158 e. The number of ether oxygens (including phenoxy) is 1. The lowest BCUT2D eigenvalue weighted by Gasteiger charge is -2.36. The molecule has 0 aliphatic carbocycles. The van der Waals surface area contributed by atoms with Crippen molar-refractivity contribution >= 4 is 11.5 Å². The van der Waals surface area contributed by atoms with Gasteiger partial charge in [0.2, 0.25) is 0 Å². The highest BCUT2D eigenvalue weighted by Gasteiger charge is 2.16. The number of aromatic nitrogens is 2. The number of rotatable bonds is 7. The van der Waals surface area contributed by atoms with Crippen molar-refractivity contribution in [2.75, 3.05) is 56.6 Å². The quantitative estimate of drug-likeness (QED) is 0.764. The van der Waals surface area contributed by atoms with Crippen LogP contribution in [-0.4, -0.2) is 61.2 Å². The van der Waals surface area contributed by atoms with Crippen LogP contribution in [0, 0.1) is 11.3 Å². The van der Waals surface area contributed by atoms with E-state index in [1.54, 1.807) is 13.3 Å². The monoisotopic (exact) mass is 352 g/mol. The van der Waals surface area contributed by atoms with Gasteiger partial charge >= 0.3 is 0 Å². The average molecular weight is 352 g/mol. The fourth-order valence-corrected chi connectivity index (χ4v) is 3.02. The Hall–Kier alpha value is -2.85. The van der Waals surface area contributed by atoms with Gasteiger partial charge in [-0.25, -0.2) is 9.97 Å². The number of hydrogen-bond acceptors (Lipinski definition) is 7. The van der Waals surface area contributed by atoms with Gasteiger partial charge in [0.05, 0.1) is 19.5 Å². The number of piperazine rings is 1. The summed E-state index contributed by atoms with van der Waals surface area (Å²) in [5, 5.41) is 12.0. The number of anilines is 2. The largest absolute Gasteiger partial charge is 0.497 e. The summed E-state index contributed by atoms with van der Waals surface area (Å²) in [6.45, 7) is 6.14. The normalized spacial score (nSPS) is 14.7. The van der Waals surface area contributed by atoms with Gasteiger partial charge in [-0.05, 0) is 37.2 Å². The first-order chi connectivity index (χ1) is 12.8. The zero-order valence-corrected chi connectivity index (χ0v) is 15.1. The van der Waals surface area contributed by atoms with Crippen molar-refractivity contribution in [1.29, 1.82) is 5.26 Å². The zero-order valence-electron chi connectivity index (χ0n) is 15.1. The van der Waals surface area contributed by atoms with Crippen LogP contribution in [0.25, 0.3) is 0 Å². The molecule has 136 valence electrons. The summed E-state index contributed by atoms with van der Waals surface area (Å²) in [7, 11) is 1.69. The van der Waals surface area contributed by atoms with Gasteiger partial charge in [0, 0.05) is 38.4 Å². The molecule has 1 fully saturated rings. The Kier molecular flexibility index (Phi) is 6.23. The van der Waals surface area contributed by atoms with E-state index in [0.717, 1.165) is 51.4 Å². The van der Waals surface area contributed by atoms with E-state index in [-0.39, 0.29) is 0 Å². The molecule has 7 heteroatoms. The van der Waals surface area contributed by atoms with Crippen LogP contribution in [0.4, 0.5) is 11.5 Å². The predicted octanol–water partition coefficient (Wildman–Crippen LogP) is 1.98. The summed E-state index contributed by atoms with van der Waals surface area (Å²) >= 11 is 0. The van der Waals surface area contributed by atoms with E-state index in [9.17, 15) is 0 Å². The molecule has 1 N–H and O–H groups in total. The second-order valence-electron chi connectivity index (χ2n) is 6.21. The molecule has 1 aliphatic heterocycles. The van der Waals surface area contributed by atoms with Crippen molar-refractivity contribution in [2.24, 2.45) is 0 Å². The van der Waals surface area contributed by atoms with Gasteiger partial charge in [-0.3, -0.25) is 4.90 Å². The molecule has 0 unspecified atom stereocenters. The lowest BCUT2D eigenvalue weighted by molar-refractivity contribution is 0.257. The summed E-state index contributed by atoms with van der Waals surface area (Å²) in [5.74, 6) is 1.61. The van der Waals surface area contributed by atoms with Gasteiger partial charge in [0.15, 0.2) is 5.69 Å². The average Bonchev–Trinajstić information content (AvgIpc) is 2.72. The molecular formula is C19H24N6O. The molecule has 0 bridgehead atoms. The molecule has 2 aromatic rings. The minimum Gasteiger partial charge on any atom is -0.497 e. The van der Waals surface area contributed by atoms with Crippen LogP contribution in [0.5, 0.6) is 5.75 Å². The Bertz CT molecular complexity index is 717. The van der Waals surface area contributed by atoms with Crippen LogP contribution in [0.1, 0.15) is 12.1 Å². The molecule has 0 atom stereocenters. The van der Waals surface area contributed by atoms with Crippen molar-refractivity contribution in [3.05, 3.63) is 42.4 Å². The fraction of sp³-hybridized carbons (Fsp3) is 0.421. The minimum absolute atomic E-state index is 0.338. The zero-order chi connectivity index (χ0) is 18.2. The van der Waals surface area contributed by atoms with Crippen molar-refractivity contribution in [3.63, 3.8) is 0 Å². The van der Waals surface area contributed by atoms with Crippen LogP contribution in [-0.2, 0) is 0 Å². The summed E-state index contributed by atoms with van der Waals surface area (Å²) in [6, 6.07) is 10.2. The van der Waals surface area contributed by atoms with Crippen LogP contribution >= 0.6 is 0 Å². The Labute approximate surface area is 154 Å². The first-order valence-electron chi connectivity index (χ1n) is 8.86.